The van der Waals surface area contributed by atoms with Crippen LogP contribution >= 0.6 is 0 Å². The molecule has 1 aromatic carbocycles. The third-order valence-corrected chi connectivity index (χ3v) is 2.85. The first-order chi connectivity index (χ1) is 9.81. The summed E-state index contributed by atoms with van der Waals surface area (Å²) in [4.78, 5) is 24.9. The number of nitrogens with two attached hydrogens (primary N) is 1. The van der Waals surface area contributed by atoms with Gasteiger partial charge >= 0.3 is 0 Å². The van der Waals surface area contributed by atoms with E-state index in [1.165, 1.54) is 4.90 Å². The first-order valence-corrected chi connectivity index (χ1v) is 6.93. The predicted octanol–water partition coefficient (Wildman–Crippen LogP) is 1.15. The van der Waals surface area contributed by atoms with Gasteiger partial charge in [-0.3, -0.25) is 9.59 Å². The molecule has 0 aromatic heterocycles. The van der Waals surface area contributed by atoms with Gasteiger partial charge in [-0.2, -0.15) is 0 Å². The van der Waals surface area contributed by atoms with Gasteiger partial charge in [0.1, 0.15) is 0 Å². The highest BCUT2D eigenvalue weighted by molar-refractivity contribution is 5.96. The van der Waals surface area contributed by atoms with E-state index in [1.54, 1.807) is 32.3 Å². The summed E-state index contributed by atoms with van der Waals surface area (Å²) in [7, 11) is 3.37. The number of nitrogen functional groups attached to an aromatic ring is 1. The minimum Gasteiger partial charge on any atom is -0.397 e. The van der Waals surface area contributed by atoms with E-state index >= 15 is 0 Å². The number of carbonyl (C=O) groups excluding carboxylic acids is 2. The van der Waals surface area contributed by atoms with E-state index in [0.717, 1.165) is 0 Å². The minimum absolute atomic E-state index is 0.0865. The van der Waals surface area contributed by atoms with E-state index in [1.807, 2.05) is 13.8 Å². The van der Waals surface area contributed by atoms with Crippen LogP contribution in [0, 0.1) is 5.92 Å². The van der Waals surface area contributed by atoms with Crippen molar-refractivity contribution in [2.24, 2.45) is 5.92 Å². The molecule has 0 atom stereocenters. The van der Waals surface area contributed by atoms with E-state index in [0.29, 0.717) is 29.4 Å². The summed E-state index contributed by atoms with van der Waals surface area (Å²) >= 11 is 0. The highest BCUT2D eigenvalue weighted by Crippen LogP contribution is 2.20. The second-order valence-electron chi connectivity index (χ2n) is 5.55. The molecule has 0 bridgehead atoms. The Kier molecular flexibility index (Phi) is 6.02. The van der Waals surface area contributed by atoms with Gasteiger partial charge in [-0.1, -0.05) is 13.8 Å². The molecular weight excluding hydrogens is 268 g/mol. The molecule has 0 unspecified atom stereocenters. The van der Waals surface area contributed by atoms with Crippen LogP contribution in [0.15, 0.2) is 18.2 Å². The lowest BCUT2D eigenvalue weighted by Gasteiger charge is -2.14. The second kappa shape index (κ2) is 7.52. The molecule has 0 saturated heterocycles. The number of hydrogen-bond acceptors (Lipinski definition) is 4. The van der Waals surface area contributed by atoms with Crippen LogP contribution in [0.5, 0.6) is 0 Å². The largest absolute Gasteiger partial charge is 0.397 e. The maximum absolute atomic E-state index is 11.8. The standard InChI is InChI=1S/C15H24N4O2/c1-10(2)8-18-14(20)9-17-13-6-5-11(7-12(13)16)15(21)19(3)4/h5-7,10,17H,8-9,16H2,1-4H3,(H,18,20). The molecule has 0 aliphatic heterocycles. The van der Waals surface area contributed by atoms with Crippen molar-refractivity contribution in [3.63, 3.8) is 0 Å². The van der Waals surface area contributed by atoms with E-state index in [9.17, 15) is 9.59 Å². The summed E-state index contributed by atoms with van der Waals surface area (Å²) in [5.41, 5.74) is 7.51. The molecular formula is C15H24N4O2. The second-order valence-corrected chi connectivity index (χ2v) is 5.55. The molecule has 0 spiro atoms. The molecule has 2 amide bonds. The first-order valence-electron chi connectivity index (χ1n) is 6.93. The van der Waals surface area contributed by atoms with Gasteiger partial charge in [0.2, 0.25) is 5.91 Å². The van der Waals surface area contributed by atoms with Crippen molar-refractivity contribution in [3.8, 4) is 0 Å². The smallest absolute Gasteiger partial charge is 0.253 e. The van der Waals surface area contributed by atoms with Crippen molar-refractivity contribution >= 4 is 23.2 Å². The van der Waals surface area contributed by atoms with Gasteiger partial charge in [-0.15, -0.1) is 0 Å². The van der Waals surface area contributed by atoms with E-state index in [4.69, 9.17) is 5.73 Å². The Morgan fingerprint density at radius 2 is 1.95 bits per heavy atom. The third kappa shape index (κ3) is 5.33. The highest BCUT2D eigenvalue weighted by Gasteiger charge is 2.10. The lowest BCUT2D eigenvalue weighted by molar-refractivity contribution is -0.119. The lowest BCUT2D eigenvalue weighted by Crippen LogP contribution is -2.32. The maximum Gasteiger partial charge on any atom is 0.253 e. The van der Waals surface area contributed by atoms with E-state index < -0.39 is 0 Å². The van der Waals surface area contributed by atoms with Crippen molar-refractivity contribution in [3.05, 3.63) is 23.8 Å². The highest BCUT2D eigenvalue weighted by atomic mass is 16.2. The summed E-state index contributed by atoms with van der Waals surface area (Å²) in [5, 5.41) is 5.78. The molecule has 4 N–H and O–H groups in total. The molecule has 21 heavy (non-hydrogen) atoms. The van der Waals surface area contributed by atoms with Gasteiger partial charge in [0.15, 0.2) is 0 Å². The SMILES string of the molecule is CC(C)CNC(=O)CNc1ccc(C(=O)N(C)C)cc1N. The van der Waals surface area contributed by atoms with Gasteiger partial charge in [0, 0.05) is 26.2 Å². The number of nitrogens with zero attached hydrogens (tertiary/aromatic N) is 1. The van der Waals surface area contributed by atoms with E-state index in [2.05, 4.69) is 10.6 Å². The summed E-state index contributed by atoms with van der Waals surface area (Å²) in [5.74, 6) is 0.217. The summed E-state index contributed by atoms with van der Waals surface area (Å²) < 4.78 is 0. The zero-order chi connectivity index (χ0) is 16.0. The van der Waals surface area contributed by atoms with Crippen molar-refractivity contribution < 1.29 is 9.59 Å². The van der Waals surface area contributed by atoms with Crippen LogP contribution in [0.1, 0.15) is 24.2 Å². The molecule has 116 valence electrons. The molecule has 0 radical (unpaired) electrons. The number of hydrogen-bond donors (Lipinski definition) is 3. The van der Waals surface area contributed by atoms with Gasteiger partial charge in [0.25, 0.3) is 5.91 Å². The number of carbonyl (C=O) groups is 2. The lowest BCUT2D eigenvalue weighted by atomic mass is 10.1. The fourth-order valence-electron chi connectivity index (χ4n) is 1.67. The van der Waals surface area contributed by atoms with Crippen LogP contribution in [-0.2, 0) is 4.79 Å². The normalized spacial score (nSPS) is 10.3. The zero-order valence-electron chi connectivity index (χ0n) is 13.1. The van der Waals surface area contributed by atoms with E-state index in [-0.39, 0.29) is 18.4 Å². The summed E-state index contributed by atoms with van der Waals surface area (Å²) in [6.45, 7) is 4.86. The van der Waals surface area contributed by atoms with Crippen LogP contribution < -0.4 is 16.4 Å². The molecule has 0 saturated carbocycles. The number of anilines is 2. The molecule has 1 rings (SSSR count). The predicted molar refractivity (Wildman–Crippen MR) is 85.2 cm³/mol. The van der Waals surface area contributed by atoms with Gasteiger partial charge in [-0.05, 0) is 24.1 Å². The number of amides is 2. The third-order valence-electron chi connectivity index (χ3n) is 2.85. The minimum atomic E-state index is -0.108. The molecule has 1 aromatic rings. The van der Waals surface area contributed by atoms with Gasteiger partial charge < -0.3 is 21.3 Å². The monoisotopic (exact) mass is 292 g/mol. The fraction of sp³-hybridized carbons (Fsp3) is 0.467. The number of nitrogens with one attached hydrogen (secondary N) is 2. The maximum atomic E-state index is 11.8. The molecule has 0 aliphatic rings. The average Bonchev–Trinajstić information content (AvgIpc) is 2.42. The van der Waals surface area contributed by atoms with Crippen LogP contribution in [0.3, 0.4) is 0 Å². The topological polar surface area (TPSA) is 87.5 Å². The molecule has 0 aliphatic carbocycles. The fourth-order valence-corrected chi connectivity index (χ4v) is 1.67. The molecule has 0 heterocycles. The van der Waals surface area contributed by atoms with Crippen molar-refractivity contribution in [2.45, 2.75) is 13.8 Å². The molecule has 6 nitrogen and oxygen atoms in total. The van der Waals surface area contributed by atoms with Crippen LogP contribution in [0.2, 0.25) is 0 Å². The van der Waals surface area contributed by atoms with Crippen molar-refractivity contribution in [1.29, 1.82) is 0 Å². The van der Waals surface area contributed by atoms with Gasteiger partial charge in [0.05, 0.1) is 17.9 Å². The first kappa shape index (κ1) is 16.8. The average molecular weight is 292 g/mol. The Labute approximate surface area is 125 Å². The summed E-state index contributed by atoms with van der Waals surface area (Å²) in [6.07, 6.45) is 0. The number of benzene rings is 1. The Morgan fingerprint density at radius 1 is 1.29 bits per heavy atom. The molecule has 6 heteroatoms. The van der Waals surface area contributed by atoms with Crippen LogP contribution in [-0.4, -0.2) is 43.9 Å². The zero-order valence-corrected chi connectivity index (χ0v) is 13.1. The van der Waals surface area contributed by atoms with Crippen LogP contribution in [0.25, 0.3) is 0 Å². The van der Waals surface area contributed by atoms with Crippen molar-refractivity contribution in [2.75, 3.05) is 38.2 Å². The number of rotatable bonds is 6. The van der Waals surface area contributed by atoms with Crippen molar-refractivity contribution in [1.82, 2.24) is 10.2 Å². The quantitative estimate of drug-likeness (QED) is 0.686. The Morgan fingerprint density at radius 3 is 2.48 bits per heavy atom. The summed E-state index contributed by atoms with van der Waals surface area (Å²) in [6, 6.07) is 5.01. The van der Waals surface area contributed by atoms with Crippen LogP contribution in [0.4, 0.5) is 11.4 Å². The Balaban J connectivity index is 2.61. The Hall–Kier alpha value is -2.24. The molecule has 0 fully saturated rings. The Bertz CT molecular complexity index is 512. The van der Waals surface area contributed by atoms with Gasteiger partial charge in [-0.25, -0.2) is 0 Å².